The number of benzene rings is 2. The molecule has 28 heavy (non-hydrogen) atoms. The van der Waals surface area contributed by atoms with E-state index in [0.29, 0.717) is 5.56 Å². The summed E-state index contributed by atoms with van der Waals surface area (Å²) in [5.74, 6) is -1.27. The molecule has 2 aromatic carbocycles. The van der Waals surface area contributed by atoms with Crippen molar-refractivity contribution in [3.8, 4) is 11.8 Å². The summed E-state index contributed by atoms with van der Waals surface area (Å²) in [5.41, 5.74) is 2.26. The number of ether oxygens (including phenoxy) is 1. The van der Waals surface area contributed by atoms with E-state index < -0.39 is 11.8 Å². The van der Waals surface area contributed by atoms with Gasteiger partial charge in [0.2, 0.25) is 0 Å². The lowest BCUT2D eigenvalue weighted by Gasteiger charge is -2.10. The van der Waals surface area contributed by atoms with E-state index in [0.717, 1.165) is 36.6 Å². The van der Waals surface area contributed by atoms with Crippen LogP contribution in [0.15, 0.2) is 47.6 Å². The second kappa shape index (κ2) is 9.14. The Kier molecular flexibility index (Phi) is 6.38. The number of hydrogen-bond acceptors (Lipinski definition) is 5. The largest absolute Gasteiger partial charge is 0.423 e. The summed E-state index contributed by atoms with van der Waals surface area (Å²) in [6.45, 7) is 2.17. The Morgan fingerprint density at radius 3 is 2.75 bits per heavy atom. The fourth-order valence-corrected chi connectivity index (χ4v) is 2.98. The van der Waals surface area contributed by atoms with Gasteiger partial charge in [-0.3, -0.25) is 0 Å². The molecule has 0 aromatic heterocycles. The first kappa shape index (κ1) is 19.6. The first-order chi connectivity index (χ1) is 13.6. The third-order valence-corrected chi connectivity index (χ3v) is 4.59. The van der Waals surface area contributed by atoms with Gasteiger partial charge in [-0.05, 0) is 42.7 Å². The fourth-order valence-electron chi connectivity index (χ4n) is 2.98. The smallest absolute Gasteiger partial charge is 0.343 e. The average Bonchev–Trinajstić information content (AvgIpc) is 3.17. The highest BCUT2D eigenvalue weighted by atomic mass is 19.1. The number of rotatable bonds is 7. The van der Waals surface area contributed by atoms with Crippen molar-refractivity contribution in [2.24, 2.45) is 5.16 Å². The zero-order chi connectivity index (χ0) is 19.9. The van der Waals surface area contributed by atoms with Crippen LogP contribution in [-0.2, 0) is 4.84 Å². The second-order valence-corrected chi connectivity index (χ2v) is 6.68. The van der Waals surface area contributed by atoms with Gasteiger partial charge >= 0.3 is 5.97 Å². The molecule has 0 saturated heterocycles. The highest BCUT2D eigenvalue weighted by Crippen LogP contribution is 2.29. The van der Waals surface area contributed by atoms with Crippen LogP contribution in [0.25, 0.3) is 0 Å². The van der Waals surface area contributed by atoms with Gasteiger partial charge in [-0.2, -0.15) is 5.26 Å². The Balaban J connectivity index is 1.58. The van der Waals surface area contributed by atoms with E-state index in [-0.39, 0.29) is 17.4 Å². The molecule has 5 nitrogen and oxygen atoms in total. The molecule has 144 valence electrons. The molecule has 0 bridgehead atoms. The van der Waals surface area contributed by atoms with Crippen molar-refractivity contribution in [1.82, 2.24) is 0 Å². The van der Waals surface area contributed by atoms with E-state index in [1.165, 1.54) is 25.0 Å². The van der Waals surface area contributed by atoms with Crippen LogP contribution in [0.3, 0.4) is 0 Å². The van der Waals surface area contributed by atoms with Gasteiger partial charge in [0.1, 0.15) is 17.6 Å². The topological polar surface area (TPSA) is 71.7 Å². The average molecular weight is 380 g/mol. The van der Waals surface area contributed by atoms with Crippen LogP contribution in [0.2, 0.25) is 0 Å². The summed E-state index contributed by atoms with van der Waals surface area (Å²) in [7, 11) is 0. The molecule has 1 aliphatic rings. The fraction of sp³-hybridized carbons (Fsp3) is 0.318. The molecule has 6 heteroatoms. The van der Waals surface area contributed by atoms with Gasteiger partial charge in [-0.15, -0.1) is 0 Å². The van der Waals surface area contributed by atoms with Crippen molar-refractivity contribution in [1.29, 1.82) is 5.26 Å². The third-order valence-electron chi connectivity index (χ3n) is 4.59. The maximum atomic E-state index is 13.6. The van der Waals surface area contributed by atoms with Crippen LogP contribution >= 0.6 is 0 Å². The highest BCUT2D eigenvalue weighted by molar-refractivity contribution is 5.91. The molecule has 1 heterocycles. The van der Waals surface area contributed by atoms with Gasteiger partial charge in [-0.25, -0.2) is 9.18 Å². The molecule has 0 N–H and O–H groups in total. The Bertz CT molecular complexity index is 916. The van der Waals surface area contributed by atoms with E-state index in [9.17, 15) is 9.18 Å². The molecule has 1 unspecified atom stereocenters. The monoisotopic (exact) mass is 380 g/mol. The zero-order valence-corrected chi connectivity index (χ0v) is 15.7. The van der Waals surface area contributed by atoms with Gasteiger partial charge < -0.3 is 9.57 Å². The van der Waals surface area contributed by atoms with Crippen molar-refractivity contribution < 1.29 is 18.8 Å². The number of nitriles is 1. The number of esters is 1. The summed E-state index contributed by atoms with van der Waals surface area (Å²) < 4.78 is 18.8. The minimum atomic E-state index is -0.726. The molecule has 3 rings (SSSR count). The van der Waals surface area contributed by atoms with E-state index in [2.05, 4.69) is 12.1 Å². The van der Waals surface area contributed by atoms with Crippen LogP contribution in [-0.4, -0.2) is 11.7 Å². The van der Waals surface area contributed by atoms with Crippen molar-refractivity contribution in [2.45, 2.75) is 45.1 Å². The number of carbonyl (C=O) groups is 1. The summed E-state index contributed by atoms with van der Waals surface area (Å²) in [4.78, 5) is 17.8. The predicted octanol–water partition coefficient (Wildman–Crippen LogP) is 5.31. The molecule has 1 aliphatic heterocycles. The summed E-state index contributed by atoms with van der Waals surface area (Å²) in [6.07, 6.45) is 5.06. The molecule has 0 saturated carbocycles. The number of oxime groups is 1. The second-order valence-electron chi connectivity index (χ2n) is 6.68. The highest BCUT2D eigenvalue weighted by Gasteiger charge is 2.22. The zero-order valence-electron chi connectivity index (χ0n) is 15.7. The van der Waals surface area contributed by atoms with Gasteiger partial charge in [0, 0.05) is 12.5 Å². The van der Waals surface area contributed by atoms with Crippen molar-refractivity contribution in [2.75, 3.05) is 0 Å². The minimum Gasteiger partial charge on any atom is -0.423 e. The van der Waals surface area contributed by atoms with Crippen molar-refractivity contribution in [3.05, 3.63) is 65.0 Å². The predicted molar refractivity (Wildman–Crippen MR) is 103 cm³/mol. The molecule has 1 atom stereocenters. The first-order valence-electron chi connectivity index (χ1n) is 9.34. The Labute approximate surface area is 163 Å². The minimum absolute atomic E-state index is 0.0508. The van der Waals surface area contributed by atoms with Crippen LogP contribution in [0.5, 0.6) is 5.75 Å². The quantitative estimate of drug-likeness (QED) is 0.370. The number of halogens is 1. The molecular weight excluding hydrogens is 359 g/mol. The van der Waals surface area contributed by atoms with Gasteiger partial charge in [-0.1, -0.05) is 37.1 Å². The first-order valence-corrected chi connectivity index (χ1v) is 9.34. The third kappa shape index (κ3) is 4.74. The molecule has 0 amide bonds. The normalized spacial score (nSPS) is 15.5. The lowest BCUT2D eigenvalue weighted by atomic mass is 10.0. The molecule has 0 radical (unpaired) electrons. The summed E-state index contributed by atoms with van der Waals surface area (Å²) in [5, 5.41) is 12.9. The van der Waals surface area contributed by atoms with Crippen LogP contribution in [0, 0.1) is 17.1 Å². The van der Waals surface area contributed by atoms with Crippen molar-refractivity contribution in [3.63, 3.8) is 0 Å². The van der Waals surface area contributed by atoms with Crippen molar-refractivity contribution >= 4 is 11.7 Å². The standard InChI is InChI=1S/C22H21FN2O3/c1-2-3-4-5-18-12-21(28-25-18)15-6-8-16(9-7-15)22(26)27-19-11-10-17(14-24)20(23)13-19/h6-11,13,21H,2-5,12H2,1H3. The Morgan fingerprint density at radius 2 is 2.07 bits per heavy atom. The van der Waals surface area contributed by atoms with E-state index >= 15 is 0 Å². The lowest BCUT2D eigenvalue weighted by Crippen LogP contribution is -2.09. The number of nitrogens with zero attached hydrogens (tertiary/aromatic N) is 2. The maximum Gasteiger partial charge on any atom is 0.343 e. The molecular formula is C22H21FN2O3. The summed E-state index contributed by atoms with van der Waals surface area (Å²) >= 11 is 0. The molecule has 0 fully saturated rings. The molecule has 2 aromatic rings. The van der Waals surface area contributed by atoms with Crippen LogP contribution in [0.1, 0.15) is 66.6 Å². The number of hydrogen-bond donors (Lipinski definition) is 0. The number of carbonyl (C=O) groups excluding carboxylic acids is 1. The van der Waals surface area contributed by atoms with Crippen LogP contribution in [0.4, 0.5) is 4.39 Å². The van der Waals surface area contributed by atoms with E-state index in [4.69, 9.17) is 14.8 Å². The van der Waals surface area contributed by atoms with Gasteiger partial charge in [0.15, 0.2) is 6.10 Å². The number of unbranched alkanes of at least 4 members (excludes halogenated alkanes) is 2. The van der Waals surface area contributed by atoms with Crippen LogP contribution < -0.4 is 4.74 Å². The summed E-state index contributed by atoms with van der Waals surface area (Å²) in [6, 6.07) is 12.3. The maximum absolute atomic E-state index is 13.6. The molecule has 0 spiro atoms. The van der Waals surface area contributed by atoms with E-state index in [1.54, 1.807) is 18.2 Å². The van der Waals surface area contributed by atoms with Gasteiger partial charge in [0.05, 0.1) is 16.8 Å². The van der Waals surface area contributed by atoms with Gasteiger partial charge in [0.25, 0.3) is 0 Å². The SMILES string of the molecule is CCCCCC1=NOC(c2ccc(C(=O)Oc3ccc(C#N)c(F)c3)cc2)C1. The Morgan fingerprint density at radius 1 is 1.29 bits per heavy atom. The lowest BCUT2D eigenvalue weighted by molar-refractivity contribution is 0.0733. The molecule has 0 aliphatic carbocycles. The Hall–Kier alpha value is -3.20. The van der Waals surface area contributed by atoms with E-state index in [1.807, 2.05) is 12.1 Å².